The van der Waals surface area contributed by atoms with Gasteiger partial charge in [-0.3, -0.25) is 4.90 Å². The third-order valence-corrected chi connectivity index (χ3v) is 7.13. The van der Waals surface area contributed by atoms with Gasteiger partial charge in [0.2, 0.25) is 0 Å². The highest BCUT2D eigenvalue weighted by molar-refractivity contribution is 7.87. The van der Waals surface area contributed by atoms with Crippen molar-refractivity contribution in [3.63, 3.8) is 0 Å². The second kappa shape index (κ2) is 9.28. The van der Waals surface area contributed by atoms with E-state index in [-0.39, 0.29) is 6.04 Å². The predicted octanol–water partition coefficient (Wildman–Crippen LogP) is 1.84. The Morgan fingerprint density at radius 3 is 2.54 bits per heavy atom. The summed E-state index contributed by atoms with van der Waals surface area (Å²) in [6, 6.07) is 10.5. The fraction of sp³-hybridized carbons (Fsp3) is 0.684. The average molecular weight is 382 g/mol. The first-order valence-corrected chi connectivity index (χ1v) is 11.0. The van der Waals surface area contributed by atoms with Crippen LogP contribution in [-0.4, -0.2) is 63.6 Å². The Balaban J connectivity index is 1.43. The monoisotopic (exact) mass is 381 g/mol. The maximum atomic E-state index is 12.6. The summed E-state index contributed by atoms with van der Waals surface area (Å²) in [6.07, 6.45) is 3.87. The molecule has 0 spiro atoms. The Morgan fingerprint density at radius 2 is 1.85 bits per heavy atom. The molecule has 1 N–H and O–H groups in total. The number of likely N-dealkylation sites (tertiary alicyclic amines) is 1. The van der Waals surface area contributed by atoms with Crippen LogP contribution in [0.25, 0.3) is 0 Å². The average Bonchev–Trinajstić information content (AvgIpc) is 3.12. The zero-order valence-corrected chi connectivity index (χ0v) is 16.5. The maximum absolute atomic E-state index is 12.6. The second-order valence-electron chi connectivity index (χ2n) is 7.42. The van der Waals surface area contributed by atoms with E-state index in [1.807, 2.05) is 6.07 Å². The topological polar surface area (TPSA) is 61.9 Å². The number of hydrogen-bond donors (Lipinski definition) is 1. The summed E-state index contributed by atoms with van der Waals surface area (Å²) in [5.41, 5.74) is 1.34. The molecule has 2 aliphatic heterocycles. The highest BCUT2D eigenvalue weighted by Gasteiger charge is 2.34. The first-order valence-electron chi connectivity index (χ1n) is 9.60. The number of methoxy groups -OCH3 is 1. The van der Waals surface area contributed by atoms with E-state index in [9.17, 15) is 8.42 Å². The molecule has 2 heterocycles. The van der Waals surface area contributed by atoms with Crippen LogP contribution >= 0.6 is 0 Å². The summed E-state index contributed by atoms with van der Waals surface area (Å²) in [7, 11) is -1.78. The minimum atomic E-state index is -3.40. The van der Waals surface area contributed by atoms with Gasteiger partial charge in [-0.1, -0.05) is 30.3 Å². The van der Waals surface area contributed by atoms with Crippen molar-refractivity contribution in [1.29, 1.82) is 0 Å². The van der Waals surface area contributed by atoms with Crippen molar-refractivity contribution < 1.29 is 13.2 Å². The van der Waals surface area contributed by atoms with Crippen molar-refractivity contribution in [2.75, 3.05) is 39.9 Å². The lowest BCUT2D eigenvalue weighted by Crippen LogP contribution is -2.47. The van der Waals surface area contributed by atoms with Crippen LogP contribution in [0.5, 0.6) is 0 Å². The molecular weight excluding hydrogens is 350 g/mol. The van der Waals surface area contributed by atoms with E-state index >= 15 is 0 Å². The fourth-order valence-electron chi connectivity index (χ4n) is 3.98. The zero-order valence-electron chi connectivity index (χ0n) is 15.6. The molecule has 2 fully saturated rings. The van der Waals surface area contributed by atoms with Gasteiger partial charge in [-0.05, 0) is 50.3 Å². The van der Waals surface area contributed by atoms with E-state index in [2.05, 4.69) is 33.9 Å². The lowest BCUT2D eigenvalue weighted by molar-refractivity contribution is 0.148. The SMILES string of the molecule is COCC1CCCN1S(=O)(=O)NCC1CCN(Cc2ccccc2)CC1. The third-order valence-electron chi connectivity index (χ3n) is 5.50. The minimum absolute atomic E-state index is 0.0229. The van der Waals surface area contributed by atoms with Gasteiger partial charge >= 0.3 is 0 Å². The summed E-state index contributed by atoms with van der Waals surface area (Å²) >= 11 is 0. The van der Waals surface area contributed by atoms with Crippen molar-refractivity contribution >= 4 is 10.2 Å². The second-order valence-corrected chi connectivity index (χ2v) is 9.13. The standard InChI is InChI=1S/C19H31N3O3S/c1-25-16-19-8-5-11-22(19)26(23,24)20-14-17-9-12-21(13-10-17)15-18-6-3-2-4-7-18/h2-4,6-7,17,19-20H,5,8-16H2,1H3. The molecular formula is C19H31N3O3S. The van der Waals surface area contributed by atoms with Gasteiger partial charge in [0.1, 0.15) is 0 Å². The summed E-state index contributed by atoms with van der Waals surface area (Å²) in [6.45, 7) is 4.63. The Bertz CT molecular complexity index is 645. The molecule has 1 aromatic carbocycles. The molecule has 2 aliphatic rings. The van der Waals surface area contributed by atoms with Gasteiger partial charge in [0.25, 0.3) is 10.2 Å². The van der Waals surface area contributed by atoms with Gasteiger partial charge in [-0.15, -0.1) is 0 Å². The number of benzene rings is 1. The van der Waals surface area contributed by atoms with Crippen molar-refractivity contribution in [1.82, 2.24) is 13.9 Å². The third kappa shape index (κ3) is 5.27. The van der Waals surface area contributed by atoms with E-state index < -0.39 is 10.2 Å². The molecule has 6 nitrogen and oxygen atoms in total. The first-order chi connectivity index (χ1) is 12.6. The van der Waals surface area contributed by atoms with Crippen molar-refractivity contribution in [3.05, 3.63) is 35.9 Å². The number of rotatable bonds is 8. The predicted molar refractivity (Wildman–Crippen MR) is 103 cm³/mol. The Morgan fingerprint density at radius 1 is 1.12 bits per heavy atom. The molecule has 0 amide bonds. The summed E-state index contributed by atoms with van der Waals surface area (Å²) < 4.78 is 34.8. The van der Waals surface area contributed by atoms with Crippen LogP contribution in [-0.2, 0) is 21.5 Å². The van der Waals surface area contributed by atoms with Crippen LogP contribution < -0.4 is 4.72 Å². The van der Waals surface area contributed by atoms with E-state index in [0.29, 0.717) is 25.6 Å². The van der Waals surface area contributed by atoms with Gasteiger partial charge in [-0.2, -0.15) is 12.7 Å². The van der Waals surface area contributed by atoms with Gasteiger partial charge in [0, 0.05) is 32.8 Å². The molecule has 2 saturated heterocycles. The van der Waals surface area contributed by atoms with E-state index in [0.717, 1.165) is 45.3 Å². The van der Waals surface area contributed by atoms with Crippen LogP contribution in [0.3, 0.4) is 0 Å². The van der Waals surface area contributed by atoms with Gasteiger partial charge in [-0.25, -0.2) is 4.72 Å². The first kappa shape index (κ1) is 19.8. The van der Waals surface area contributed by atoms with Crippen LogP contribution in [0.1, 0.15) is 31.2 Å². The van der Waals surface area contributed by atoms with E-state index in [1.165, 1.54) is 5.56 Å². The van der Waals surface area contributed by atoms with Crippen LogP contribution in [0, 0.1) is 5.92 Å². The minimum Gasteiger partial charge on any atom is -0.383 e. The maximum Gasteiger partial charge on any atom is 0.279 e. The zero-order chi connectivity index (χ0) is 18.4. The highest BCUT2D eigenvalue weighted by Crippen LogP contribution is 2.22. The molecule has 146 valence electrons. The number of hydrogen-bond acceptors (Lipinski definition) is 4. The van der Waals surface area contributed by atoms with Crippen LogP contribution in [0.2, 0.25) is 0 Å². The molecule has 26 heavy (non-hydrogen) atoms. The quantitative estimate of drug-likeness (QED) is 0.746. The Kier molecular flexibility index (Phi) is 7.05. The lowest BCUT2D eigenvalue weighted by Gasteiger charge is -2.32. The van der Waals surface area contributed by atoms with E-state index in [1.54, 1.807) is 11.4 Å². The van der Waals surface area contributed by atoms with Gasteiger partial charge < -0.3 is 4.74 Å². The van der Waals surface area contributed by atoms with Crippen molar-refractivity contribution in [2.24, 2.45) is 5.92 Å². The fourth-order valence-corrected chi connectivity index (χ4v) is 5.52. The highest BCUT2D eigenvalue weighted by atomic mass is 32.2. The molecule has 3 rings (SSSR count). The molecule has 0 saturated carbocycles. The number of piperidine rings is 1. The molecule has 0 bridgehead atoms. The smallest absolute Gasteiger partial charge is 0.279 e. The Labute approximate surface area is 157 Å². The number of ether oxygens (including phenoxy) is 1. The van der Waals surface area contributed by atoms with Crippen LogP contribution in [0.4, 0.5) is 0 Å². The molecule has 7 heteroatoms. The number of nitrogens with zero attached hydrogens (tertiary/aromatic N) is 2. The van der Waals surface area contributed by atoms with Gasteiger partial charge in [0.05, 0.1) is 6.61 Å². The lowest BCUT2D eigenvalue weighted by atomic mass is 9.97. The summed E-state index contributed by atoms with van der Waals surface area (Å²) in [5.74, 6) is 0.417. The van der Waals surface area contributed by atoms with Crippen molar-refractivity contribution in [3.8, 4) is 0 Å². The van der Waals surface area contributed by atoms with E-state index in [4.69, 9.17) is 4.74 Å². The molecule has 1 atom stereocenters. The van der Waals surface area contributed by atoms with Crippen molar-refractivity contribution in [2.45, 2.75) is 38.3 Å². The molecule has 1 aromatic rings. The summed E-state index contributed by atoms with van der Waals surface area (Å²) in [5, 5.41) is 0. The van der Waals surface area contributed by atoms with Gasteiger partial charge in [0.15, 0.2) is 0 Å². The normalized spacial score (nSPS) is 23.5. The molecule has 0 aliphatic carbocycles. The van der Waals surface area contributed by atoms with Crippen LogP contribution in [0.15, 0.2) is 30.3 Å². The Hall–Kier alpha value is -0.990. The summed E-state index contributed by atoms with van der Waals surface area (Å²) in [4.78, 5) is 2.45. The number of nitrogens with one attached hydrogen (secondary N) is 1. The molecule has 0 radical (unpaired) electrons. The molecule has 1 unspecified atom stereocenters. The largest absolute Gasteiger partial charge is 0.383 e. The molecule has 0 aromatic heterocycles.